The Morgan fingerprint density at radius 2 is 1.61 bits per heavy atom. The standard InChI is InChI=1S/C20H22N4O3S/c1-15-13-16(23-20(22-15)24(2)3)14-21-28(25,26)19-11-9-18(10-12-19)27-17-7-5-4-6-8-17/h4-13,21H,14H2,1-3H3. The average Bonchev–Trinajstić information content (AvgIpc) is 2.67. The Bertz CT molecular complexity index is 1040. The van der Waals surface area contributed by atoms with Crippen LogP contribution in [0.2, 0.25) is 0 Å². The van der Waals surface area contributed by atoms with E-state index in [4.69, 9.17) is 4.74 Å². The van der Waals surface area contributed by atoms with E-state index in [0.717, 1.165) is 5.69 Å². The van der Waals surface area contributed by atoms with Gasteiger partial charge >= 0.3 is 0 Å². The monoisotopic (exact) mass is 398 g/mol. The van der Waals surface area contributed by atoms with Crippen LogP contribution in [-0.4, -0.2) is 32.5 Å². The molecule has 0 amide bonds. The first-order valence-electron chi connectivity index (χ1n) is 8.68. The molecule has 0 radical (unpaired) electrons. The molecule has 0 fully saturated rings. The highest BCUT2D eigenvalue weighted by Gasteiger charge is 2.15. The number of ether oxygens (including phenoxy) is 1. The quantitative estimate of drug-likeness (QED) is 0.658. The minimum Gasteiger partial charge on any atom is -0.457 e. The molecule has 0 aliphatic rings. The fourth-order valence-corrected chi connectivity index (χ4v) is 3.47. The molecule has 0 atom stereocenters. The second kappa shape index (κ2) is 8.37. The number of para-hydroxylation sites is 1. The van der Waals surface area contributed by atoms with Crippen molar-refractivity contribution < 1.29 is 13.2 Å². The van der Waals surface area contributed by atoms with E-state index in [1.807, 2.05) is 51.4 Å². The van der Waals surface area contributed by atoms with E-state index >= 15 is 0 Å². The van der Waals surface area contributed by atoms with E-state index in [9.17, 15) is 8.42 Å². The molecule has 0 bridgehead atoms. The van der Waals surface area contributed by atoms with Crippen LogP contribution in [0.5, 0.6) is 11.5 Å². The van der Waals surface area contributed by atoms with Gasteiger partial charge in [0.1, 0.15) is 11.5 Å². The summed E-state index contributed by atoms with van der Waals surface area (Å²) in [4.78, 5) is 10.6. The average molecular weight is 398 g/mol. The predicted octanol–water partition coefficient (Wildman–Crippen LogP) is 3.12. The number of nitrogens with zero attached hydrogens (tertiary/aromatic N) is 3. The summed E-state index contributed by atoms with van der Waals surface area (Å²) in [5.41, 5.74) is 1.37. The molecule has 0 saturated carbocycles. The summed E-state index contributed by atoms with van der Waals surface area (Å²) < 4.78 is 33.4. The second-order valence-electron chi connectivity index (χ2n) is 6.41. The summed E-state index contributed by atoms with van der Waals surface area (Å²) in [6, 6.07) is 17.3. The summed E-state index contributed by atoms with van der Waals surface area (Å²) >= 11 is 0. The van der Waals surface area contributed by atoms with Crippen molar-refractivity contribution in [3.05, 3.63) is 72.1 Å². The zero-order valence-electron chi connectivity index (χ0n) is 16.0. The molecule has 1 heterocycles. The first kappa shape index (κ1) is 19.8. The molecule has 3 aromatic rings. The lowest BCUT2D eigenvalue weighted by Gasteiger charge is -2.13. The number of rotatable bonds is 7. The van der Waals surface area contributed by atoms with Crippen LogP contribution in [0.4, 0.5) is 5.95 Å². The van der Waals surface area contributed by atoms with Crippen molar-refractivity contribution in [2.75, 3.05) is 19.0 Å². The number of hydrogen-bond donors (Lipinski definition) is 1. The minimum atomic E-state index is -3.67. The zero-order valence-corrected chi connectivity index (χ0v) is 16.8. The maximum absolute atomic E-state index is 12.6. The lowest BCUT2D eigenvalue weighted by Crippen LogP contribution is -2.24. The summed E-state index contributed by atoms with van der Waals surface area (Å²) in [6.45, 7) is 1.92. The van der Waals surface area contributed by atoms with Gasteiger partial charge in [-0.2, -0.15) is 0 Å². The fraction of sp³-hybridized carbons (Fsp3) is 0.200. The number of benzene rings is 2. The third-order valence-corrected chi connectivity index (χ3v) is 5.27. The van der Waals surface area contributed by atoms with Crippen molar-refractivity contribution in [3.8, 4) is 11.5 Å². The van der Waals surface area contributed by atoms with Crippen LogP contribution in [0.15, 0.2) is 65.6 Å². The van der Waals surface area contributed by atoms with Gasteiger partial charge in [0.15, 0.2) is 0 Å². The minimum absolute atomic E-state index is 0.0782. The normalized spacial score (nSPS) is 11.2. The van der Waals surface area contributed by atoms with Crippen LogP contribution in [0.1, 0.15) is 11.4 Å². The molecule has 2 aromatic carbocycles. The van der Waals surface area contributed by atoms with Crippen molar-refractivity contribution >= 4 is 16.0 Å². The van der Waals surface area contributed by atoms with Gasteiger partial charge in [-0.3, -0.25) is 0 Å². The second-order valence-corrected chi connectivity index (χ2v) is 8.17. The largest absolute Gasteiger partial charge is 0.457 e. The molecule has 8 heteroatoms. The highest BCUT2D eigenvalue weighted by atomic mass is 32.2. The fourth-order valence-electron chi connectivity index (χ4n) is 2.47. The molecule has 1 N–H and O–H groups in total. The summed E-state index contributed by atoms with van der Waals surface area (Å²) in [6.07, 6.45) is 0. The molecule has 7 nitrogen and oxygen atoms in total. The van der Waals surface area contributed by atoms with Crippen LogP contribution in [0.25, 0.3) is 0 Å². The Morgan fingerprint density at radius 1 is 0.964 bits per heavy atom. The molecule has 0 aliphatic carbocycles. The van der Waals surface area contributed by atoms with E-state index in [2.05, 4.69) is 14.7 Å². The molecular formula is C20H22N4O3S. The Morgan fingerprint density at radius 3 is 2.25 bits per heavy atom. The molecule has 0 unspecified atom stereocenters. The lowest BCUT2D eigenvalue weighted by atomic mass is 10.3. The Hall–Kier alpha value is -2.97. The number of hydrogen-bond acceptors (Lipinski definition) is 6. The molecule has 0 spiro atoms. The van der Waals surface area contributed by atoms with Crippen molar-refractivity contribution in [1.82, 2.24) is 14.7 Å². The van der Waals surface area contributed by atoms with Crippen LogP contribution < -0.4 is 14.4 Å². The first-order valence-corrected chi connectivity index (χ1v) is 10.2. The van der Waals surface area contributed by atoms with Crippen molar-refractivity contribution in [2.24, 2.45) is 0 Å². The number of aromatic nitrogens is 2. The lowest BCUT2D eigenvalue weighted by molar-refractivity contribution is 0.482. The Kier molecular flexibility index (Phi) is 5.91. The van der Waals surface area contributed by atoms with Gasteiger partial charge < -0.3 is 9.64 Å². The predicted molar refractivity (Wildman–Crippen MR) is 108 cm³/mol. The third kappa shape index (κ3) is 5.05. The van der Waals surface area contributed by atoms with Crippen molar-refractivity contribution in [3.63, 3.8) is 0 Å². The SMILES string of the molecule is Cc1cc(CNS(=O)(=O)c2ccc(Oc3ccccc3)cc2)nc(N(C)C)n1. The van der Waals surface area contributed by atoms with Crippen LogP contribution in [0, 0.1) is 6.92 Å². The summed E-state index contributed by atoms with van der Waals surface area (Å²) in [5, 5.41) is 0. The highest BCUT2D eigenvalue weighted by Crippen LogP contribution is 2.22. The molecule has 28 heavy (non-hydrogen) atoms. The number of nitrogens with one attached hydrogen (secondary N) is 1. The Balaban J connectivity index is 1.69. The van der Waals surface area contributed by atoms with Crippen LogP contribution >= 0.6 is 0 Å². The molecular weight excluding hydrogens is 376 g/mol. The highest BCUT2D eigenvalue weighted by molar-refractivity contribution is 7.89. The number of anilines is 1. The van der Waals surface area contributed by atoms with E-state index in [1.165, 1.54) is 12.1 Å². The van der Waals surface area contributed by atoms with E-state index in [-0.39, 0.29) is 11.4 Å². The smallest absolute Gasteiger partial charge is 0.240 e. The molecule has 146 valence electrons. The maximum atomic E-state index is 12.6. The third-order valence-electron chi connectivity index (χ3n) is 3.85. The van der Waals surface area contributed by atoms with E-state index in [1.54, 1.807) is 23.1 Å². The van der Waals surface area contributed by atoms with Gasteiger partial charge in [0.05, 0.1) is 17.1 Å². The topological polar surface area (TPSA) is 84.4 Å². The van der Waals surface area contributed by atoms with Crippen molar-refractivity contribution in [1.29, 1.82) is 0 Å². The van der Waals surface area contributed by atoms with Crippen LogP contribution in [0.3, 0.4) is 0 Å². The zero-order chi connectivity index (χ0) is 20.1. The van der Waals surface area contributed by atoms with Gasteiger partial charge in [-0.05, 0) is 49.4 Å². The number of aryl methyl sites for hydroxylation is 1. The molecule has 1 aromatic heterocycles. The van der Waals surface area contributed by atoms with Gasteiger partial charge in [-0.15, -0.1) is 0 Å². The molecule has 0 aliphatic heterocycles. The van der Waals surface area contributed by atoms with E-state index < -0.39 is 10.0 Å². The van der Waals surface area contributed by atoms with Crippen molar-refractivity contribution in [2.45, 2.75) is 18.4 Å². The Labute approximate surface area is 165 Å². The van der Waals surface area contributed by atoms with Gasteiger partial charge in [0.2, 0.25) is 16.0 Å². The molecule has 0 saturated heterocycles. The van der Waals surface area contributed by atoms with Crippen LogP contribution in [-0.2, 0) is 16.6 Å². The maximum Gasteiger partial charge on any atom is 0.240 e. The number of sulfonamides is 1. The summed E-state index contributed by atoms with van der Waals surface area (Å²) in [5.74, 6) is 1.79. The first-order chi connectivity index (χ1) is 13.3. The molecule has 3 rings (SSSR count). The van der Waals surface area contributed by atoms with Gasteiger partial charge in [-0.25, -0.2) is 23.1 Å². The van der Waals surface area contributed by atoms with Gasteiger partial charge in [0, 0.05) is 19.8 Å². The van der Waals surface area contributed by atoms with Gasteiger partial charge in [0.25, 0.3) is 0 Å². The summed E-state index contributed by atoms with van der Waals surface area (Å²) in [7, 11) is -0.00338. The van der Waals surface area contributed by atoms with Gasteiger partial charge in [-0.1, -0.05) is 18.2 Å². The van der Waals surface area contributed by atoms with E-state index in [0.29, 0.717) is 23.1 Å².